The van der Waals surface area contributed by atoms with E-state index in [1.165, 1.54) is 5.56 Å². The molecule has 0 unspecified atom stereocenters. The van der Waals surface area contributed by atoms with E-state index in [9.17, 15) is 4.79 Å². The van der Waals surface area contributed by atoms with Gasteiger partial charge in [-0.05, 0) is 60.0 Å². The van der Waals surface area contributed by atoms with Gasteiger partial charge in [-0.15, -0.1) is 0 Å². The Morgan fingerprint density at radius 1 is 1.14 bits per heavy atom. The van der Waals surface area contributed by atoms with Crippen LogP contribution in [0.25, 0.3) is 0 Å². The molecular weight excluding hydrogens is 328 g/mol. The molecule has 2 nitrogen and oxygen atoms in total. The van der Waals surface area contributed by atoms with Gasteiger partial charge in [0.1, 0.15) is 5.75 Å². The lowest BCUT2D eigenvalue weighted by molar-refractivity contribution is 0.103. The molecule has 0 amide bonds. The van der Waals surface area contributed by atoms with Gasteiger partial charge in [0.2, 0.25) is 0 Å². The monoisotopic (exact) mass is 346 g/mol. The van der Waals surface area contributed by atoms with Crippen molar-refractivity contribution >= 4 is 21.7 Å². The van der Waals surface area contributed by atoms with E-state index >= 15 is 0 Å². The number of ketones is 1. The first-order valence-corrected chi connectivity index (χ1v) is 7.90. The van der Waals surface area contributed by atoms with Crippen molar-refractivity contribution in [1.29, 1.82) is 0 Å². The van der Waals surface area contributed by atoms with Crippen LogP contribution in [0.4, 0.5) is 0 Å². The van der Waals surface area contributed by atoms with Crippen molar-refractivity contribution in [2.24, 2.45) is 0 Å². The molecule has 0 saturated carbocycles. The van der Waals surface area contributed by atoms with Crippen molar-refractivity contribution in [1.82, 2.24) is 0 Å². The van der Waals surface area contributed by atoms with Crippen LogP contribution in [0.2, 0.25) is 0 Å². The van der Waals surface area contributed by atoms with E-state index in [0.717, 1.165) is 16.6 Å². The average molecular weight is 347 g/mol. The molecule has 110 valence electrons. The normalized spacial score (nSPS) is 10.7. The SMILES string of the molecule is CCc1ccc(C(=O)c2ccc(OC(C)C)cc2Br)cc1. The van der Waals surface area contributed by atoms with Crippen LogP contribution in [0.5, 0.6) is 5.75 Å². The molecule has 2 aromatic carbocycles. The second kappa shape index (κ2) is 6.90. The highest BCUT2D eigenvalue weighted by molar-refractivity contribution is 9.10. The molecular formula is C18H19BrO2. The lowest BCUT2D eigenvalue weighted by atomic mass is 10.0. The zero-order valence-corrected chi connectivity index (χ0v) is 14.1. The van der Waals surface area contributed by atoms with Crippen LogP contribution < -0.4 is 4.74 Å². The van der Waals surface area contributed by atoms with Gasteiger partial charge in [-0.2, -0.15) is 0 Å². The molecule has 0 fully saturated rings. The fraction of sp³-hybridized carbons (Fsp3) is 0.278. The highest BCUT2D eigenvalue weighted by Crippen LogP contribution is 2.26. The molecule has 0 aliphatic rings. The van der Waals surface area contributed by atoms with E-state index in [1.54, 1.807) is 6.07 Å². The number of halogens is 1. The summed E-state index contributed by atoms with van der Waals surface area (Å²) >= 11 is 3.46. The molecule has 0 bridgehead atoms. The van der Waals surface area contributed by atoms with Gasteiger partial charge >= 0.3 is 0 Å². The van der Waals surface area contributed by atoms with E-state index < -0.39 is 0 Å². The Morgan fingerprint density at radius 2 is 1.81 bits per heavy atom. The summed E-state index contributed by atoms with van der Waals surface area (Å²) in [7, 11) is 0. The lowest BCUT2D eigenvalue weighted by Gasteiger charge is -2.11. The quantitative estimate of drug-likeness (QED) is 0.709. The van der Waals surface area contributed by atoms with E-state index in [-0.39, 0.29) is 11.9 Å². The second-order valence-corrected chi connectivity index (χ2v) is 6.04. The summed E-state index contributed by atoms with van der Waals surface area (Å²) in [5, 5.41) is 0. The summed E-state index contributed by atoms with van der Waals surface area (Å²) in [6.45, 7) is 6.05. The number of hydrogen-bond donors (Lipinski definition) is 0. The Bertz CT molecular complexity index is 630. The number of ether oxygens (including phenoxy) is 1. The largest absolute Gasteiger partial charge is 0.491 e. The van der Waals surface area contributed by atoms with Crippen molar-refractivity contribution in [3.63, 3.8) is 0 Å². The van der Waals surface area contributed by atoms with Crippen molar-refractivity contribution in [3.05, 3.63) is 63.6 Å². The first-order valence-electron chi connectivity index (χ1n) is 7.11. The van der Waals surface area contributed by atoms with E-state index in [2.05, 4.69) is 22.9 Å². The highest BCUT2D eigenvalue weighted by Gasteiger charge is 2.13. The summed E-state index contributed by atoms with van der Waals surface area (Å²) in [5.74, 6) is 0.774. The maximum Gasteiger partial charge on any atom is 0.194 e. The van der Waals surface area contributed by atoms with Gasteiger partial charge in [0.25, 0.3) is 0 Å². The van der Waals surface area contributed by atoms with Crippen LogP contribution in [0.3, 0.4) is 0 Å². The standard InChI is InChI=1S/C18H19BrO2/c1-4-13-5-7-14(8-6-13)18(20)16-10-9-15(11-17(16)19)21-12(2)3/h5-12H,4H2,1-3H3. The predicted molar refractivity (Wildman–Crippen MR) is 89.2 cm³/mol. The number of aryl methyl sites for hydroxylation is 1. The summed E-state index contributed by atoms with van der Waals surface area (Å²) in [4.78, 5) is 12.5. The summed E-state index contributed by atoms with van der Waals surface area (Å²) in [5.41, 5.74) is 2.58. The minimum atomic E-state index is 0.0145. The number of rotatable bonds is 5. The number of hydrogen-bond acceptors (Lipinski definition) is 2. The third-order valence-corrected chi connectivity index (χ3v) is 3.84. The van der Waals surface area contributed by atoms with Crippen LogP contribution in [0.15, 0.2) is 46.9 Å². The molecule has 0 saturated heterocycles. The van der Waals surface area contributed by atoms with Gasteiger partial charge in [-0.3, -0.25) is 4.79 Å². The molecule has 0 N–H and O–H groups in total. The first kappa shape index (κ1) is 15.8. The topological polar surface area (TPSA) is 26.3 Å². The molecule has 3 heteroatoms. The molecule has 0 aromatic heterocycles. The molecule has 0 aliphatic carbocycles. The van der Waals surface area contributed by atoms with Crippen LogP contribution in [0, 0.1) is 0 Å². The first-order chi connectivity index (χ1) is 10.0. The lowest BCUT2D eigenvalue weighted by Crippen LogP contribution is -2.07. The molecule has 0 radical (unpaired) electrons. The summed E-state index contributed by atoms with van der Waals surface area (Å²) in [6, 6.07) is 13.2. The van der Waals surface area contributed by atoms with Gasteiger partial charge in [-0.25, -0.2) is 0 Å². The van der Waals surface area contributed by atoms with E-state index in [4.69, 9.17) is 4.74 Å². The fourth-order valence-corrected chi connectivity index (χ4v) is 2.61. The molecule has 0 atom stereocenters. The Hall–Kier alpha value is -1.61. The molecule has 21 heavy (non-hydrogen) atoms. The minimum Gasteiger partial charge on any atom is -0.491 e. The molecule has 0 aliphatic heterocycles. The van der Waals surface area contributed by atoms with Crippen molar-refractivity contribution in [2.45, 2.75) is 33.3 Å². The highest BCUT2D eigenvalue weighted by atomic mass is 79.9. The molecule has 2 rings (SSSR count). The summed E-state index contributed by atoms with van der Waals surface area (Å²) in [6.07, 6.45) is 1.08. The third kappa shape index (κ3) is 3.94. The Balaban J connectivity index is 2.26. The maximum absolute atomic E-state index is 12.5. The minimum absolute atomic E-state index is 0.0145. The smallest absolute Gasteiger partial charge is 0.194 e. The van der Waals surface area contributed by atoms with Crippen LogP contribution >= 0.6 is 15.9 Å². The number of carbonyl (C=O) groups is 1. The zero-order chi connectivity index (χ0) is 15.4. The van der Waals surface area contributed by atoms with E-state index in [0.29, 0.717) is 11.1 Å². The fourth-order valence-electron chi connectivity index (χ4n) is 2.07. The predicted octanol–water partition coefficient (Wildman–Crippen LogP) is 5.03. The van der Waals surface area contributed by atoms with Crippen molar-refractivity contribution < 1.29 is 9.53 Å². The average Bonchev–Trinajstić information content (AvgIpc) is 2.46. The zero-order valence-electron chi connectivity index (χ0n) is 12.5. The van der Waals surface area contributed by atoms with Gasteiger partial charge in [-0.1, -0.05) is 31.2 Å². The van der Waals surface area contributed by atoms with Gasteiger partial charge in [0.05, 0.1) is 6.10 Å². The molecule has 0 spiro atoms. The van der Waals surface area contributed by atoms with Crippen LogP contribution in [-0.2, 0) is 6.42 Å². The Morgan fingerprint density at radius 3 is 2.33 bits per heavy atom. The second-order valence-electron chi connectivity index (χ2n) is 5.19. The van der Waals surface area contributed by atoms with Gasteiger partial charge in [0.15, 0.2) is 5.78 Å². The van der Waals surface area contributed by atoms with E-state index in [1.807, 2.05) is 50.2 Å². The van der Waals surface area contributed by atoms with Crippen LogP contribution in [0.1, 0.15) is 42.3 Å². The third-order valence-electron chi connectivity index (χ3n) is 3.18. The summed E-state index contributed by atoms with van der Waals surface area (Å²) < 4.78 is 6.38. The molecule has 0 heterocycles. The van der Waals surface area contributed by atoms with Crippen molar-refractivity contribution in [3.8, 4) is 5.75 Å². The Kier molecular flexibility index (Phi) is 5.18. The van der Waals surface area contributed by atoms with Crippen molar-refractivity contribution in [2.75, 3.05) is 0 Å². The Labute approximate surface area is 134 Å². The number of carbonyl (C=O) groups excluding carboxylic acids is 1. The van der Waals surface area contributed by atoms with Gasteiger partial charge < -0.3 is 4.74 Å². The van der Waals surface area contributed by atoms with Crippen LogP contribution in [-0.4, -0.2) is 11.9 Å². The maximum atomic E-state index is 12.5. The molecule has 2 aromatic rings. The van der Waals surface area contributed by atoms with Gasteiger partial charge in [0, 0.05) is 15.6 Å². The number of benzene rings is 2.